The van der Waals surface area contributed by atoms with Gasteiger partial charge < -0.3 is 26.6 Å². The van der Waals surface area contributed by atoms with Crippen LogP contribution in [-0.2, 0) is 5.54 Å². The molecule has 3 fully saturated rings. The van der Waals surface area contributed by atoms with Gasteiger partial charge in [0.1, 0.15) is 17.5 Å². The quantitative estimate of drug-likeness (QED) is 0.218. The van der Waals surface area contributed by atoms with Crippen LogP contribution in [0, 0.1) is 6.92 Å². The third kappa shape index (κ3) is 5.50. The van der Waals surface area contributed by atoms with Crippen molar-refractivity contribution in [3.05, 3.63) is 82.7 Å². The number of unbranched alkanes of at least 4 members (excludes halogenated alkanes) is 1. The normalized spacial score (nSPS) is 19.8. The standard InChI is InChI=1S/C35H43N7/c1-3-4-5-30(36)26-6-11-31(37-22-26)40-32-21-25-12-17-38-35(15-16-35)33(25)34(41-32)39-27-7-10-29(23(2)20-27)24-13-18-42(19-14-24)28-8-9-28/h5-7,10-12,17,20-22,24,28,38H,3-4,8-9,13-16,18-19,36H2,1-2H3,(H2,37,39,40,41)/b30-5+. The van der Waals surface area contributed by atoms with Gasteiger partial charge >= 0.3 is 0 Å². The van der Waals surface area contributed by atoms with Crippen LogP contribution in [0.2, 0.25) is 0 Å². The predicted molar refractivity (Wildman–Crippen MR) is 173 cm³/mol. The number of likely N-dealkylation sites (tertiary alicyclic amines) is 1. The Morgan fingerprint density at radius 3 is 2.60 bits per heavy atom. The first kappa shape index (κ1) is 27.0. The summed E-state index contributed by atoms with van der Waals surface area (Å²) in [5.74, 6) is 3.07. The topological polar surface area (TPSA) is 91.1 Å². The Morgan fingerprint density at radius 2 is 1.90 bits per heavy atom. The molecule has 5 N–H and O–H groups in total. The zero-order chi connectivity index (χ0) is 28.7. The monoisotopic (exact) mass is 561 g/mol. The maximum absolute atomic E-state index is 6.23. The second-order valence-electron chi connectivity index (χ2n) is 12.6. The molecule has 0 bridgehead atoms. The number of anilines is 4. The predicted octanol–water partition coefficient (Wildman–Crippen LogP) is 7.28. The van der Waals surface area contributed by atoms with E-state index in [1.54, 1.807) is 0 Å². The molecule has 1 saturated heterocycles. The summed E-state index contributed by atoms with van der Waals surface area (Å²) in [5.41, 5.74) is 14.3. The first-order chi connectivity index (χ1) is 20.5. The molecule has 1 spiro atoms. The summed E-state index contributed by atoms with van der Waals surface area (Å²) in [6.45, 7) is 6.90. The van der Waals surface area contributed by atoms with E-state index in [1.165, 1.54) is 61.0 Å². The molecule has 4 heterocycles. The summed E-state index contributed by atoms with van der Waals surface area (Å²) < 4.78 is 0. The lowest BCUT2D eigenvalue weighted by Gasteiger charge is -2.33. The molecular formula is C35H43N7. The minimum absolute atomic E-state index is 0.0231. The van der Waals surface area contributed by atoms with E-state index in [9.17, 15) is 0 Å². The summed E-state index contributed by atoms with van der Waals surface area (Å²) in [4.78, 5) is 12.4. The van der Waals surface area contributed by atoms with Gasteiger partial charge in [-0.2, -0.15) is 0 Å². The van der Waals surface area contributed by atoms with Gasteiger partial charge in [-0.05, 0) is 130 Å². The Hall–Kier alpha value is -3.84. The van der Waals surface area contributed by atoms with E-state index in [0.717, 1.165) is 66.1 Å². The highest BCUT2D eigenvalue weighted by atomic mass is 15.2. The Morgan fingerprint density at radius 1 is 1.07 bits per heavy atom. The fourth-order valence-corrected chi connectivity index (χ4v) is 6.79. The number of benzene rings is 1. The Bertz CT molecular complexity index is 1510. The Labute approximate surface area is 249 Å². The fourth-order valence-electron chi connectivity index (χ4n) is 6.79. The molecule has 7 rings (SSSR count). The van der Waals surface area contributed by atoms with Crippen molar-refractivity contribution in [2.24, 2.45) is 5.73 Å². The van der Waals surface area contributed by atoms with Crippen LogP contribution in [-0.4, -0.2) is 34.0 Å². The first-order valence-corrected chi connectivity index (χ1v) is 15.8. The lowest BCUT2D eigenvalue weighted by atomic mass is 9.86. The van der Waals surface area contributed by atoms with E-state index in [-0.39, 0.29) is 5.54 Å². The second-order valence-corrected chi connectivity index (χ2v) is 12.6. The number of nitrogens with two attached hydrogens (primary N) is 1. The average molecular weight is 562 g/mol. The summed E-state index contributed by atoms with van der Waals surface area (Å²) in [6.07, 6.45) is 17.7. The number of nitrogens with one attached hydrogen (secondary N) is 3. The van der Waals surface area contributed by atoms with Crippen molar-refractivity contribution in [2.45, 2.75) is 82.7 Å². The number of hydrogen-bond acceptors (Lipinski definition) is 7. The number of piperidine rings is 1. The maximum Gasteiger partial charge on any atom is 0.139 e. The van der Waals surface area contributed by atoms with Gasteiger partial charge in [-0.1, -0.05) is 25.5 Å². The number of aromatic nitrogens is 2. The average Bonchev–Trinajstić information content (AvgIpc) is 3.94. The largest absolute Gasteiger partial charge is 0.398 e. The van der Waals surface area contributed by atoms with Crippen molar-refractivity contribution >= 4 is 34.9 Å². The summed E-state index contributed by atoms with van der Waals surface area (Å²) in [6, 6.07) is 13.9. The van der Waals surface area contributed by atoms with Crippen LogP contribution in [0.1, 0.15) is 92.0 Å². The lowest BCUT2D eigenvalue weighted by molar-refractivity contribution is 0.203. The molecule has 2 aliphatic carbocycles. The molecule has 7 nitrogen and oxygen atoms in total. The molecule has 2 aromatic heterocycles. The summed E-state index contributed by atoms with van der Waals surface area (Å²) >= 11 is 0. The van der Waals surface area contributed by atoms with Gasteiger partial charge in [-0.15, -0.1) is 0 Å². The van der Waals surface area contributed by atoms with Gasteiger partial charge in [0.05, 0.1) is 5.54 Å². The number of pyridine rings is 2. The van der Waals surface area contributed by atoms with Gasteiger partial charge in [0.2, 0.25) is 0 Å². The van der Waals surface area contributed by atoms with Crippen LogP contribution in [0.15, 0.2) is 54.9 Å². The Kier molecular flexibility index (Phi) is 7.14. The highest BCUT2D eigenvalue weighted by Crippen LogP contribution is 2.52. The van der Waals surface area contributed by atoms with E-state index < -0.39 is 0 Å². The fraction of sp³-hybridized carbons (Fsp3) is 0.429. The molecule has 1 aromatic carbocycles. The zero-order valence-electron chi connectivity index (χ0n) is 24.9. The molecule has 0 amide bonds. The molecular weight excluding hydrogens is 518 g/mol. The van der Waals surface area contributed by atoms with Gasteiger partial charge in [-0.25, -0.2) is 9.97 Å². The molecule has 4 aliphatic rings. The van der Waals surface area contributed by atoms with Crippen LogP contribution in [0.3, 0.4) is 0 Å². The van der Waals surface area contributed by atoms with Crippen molar-refractivity contribution in [1.29, 1.82) is 0 Å². The lowest BCUT2D eigenvalue weighted by Crippen LogP contribution is -2.34. The van der Waals surface area contributed by atoms with Crippen molar-refractivity contribution in [1.82, 2.24) is 20.2 Å². The number of aryl methyl sites for hydroxylation is 1. The smallest absolute Gasteiger partial charge is 0.139 e. The highest BCUT2D eigenvalue weighted by molar-refractivity contribution is 5.75. The summed E-state index contributed by atoms with van der Waals surface area (Å²) in [5, 5.41) is 10.8. The van der Waals surface area contributed by atoms with Crippen LogP contribution in [0.4, 0.5) is 23.1 Å². The highest BCUT2D eigenvalue weighted by Gasteiger charge is 2.48. The molecule has 42 heavy (non-hydrogen) atoms. The van der Waals surface area contributed by atoms with E-state index >= 15 is 0 Å². The molecule has 0 radical (unpaired) electrons. The van der Waals surface area contributed by atoms with Crippen LogP contribution in [0.25, 0.3) is 11.8 Å². The zero-order valence-corrected chi connectivity index (χ0v) is 24.9. The number of fused-ring (bicyclic) bond motifs is 2. The van der Waals surface area contributed by atoms with Gasteiger partial charge in [0.25, 0.3) is 0 Å². The molecule has 0 unspecified atom stereocenters. The van der Waals surface area contributed by atoms with Gasteiger partial charge in [0, 0.05) is 34.8 Å². The minimum Gasteiger partial charge on any atom is -0.398 e. The van der Waals surface area contributed by atoms with E-state index in [4.69, 9.17) is 10.7 Å². The van der Waals surface area contributed by atoms with E-state index in [1.807, 2.05) is 18.3 Å². The molecule has 3 aromatic rings. The second kappa shape index (κ2) is 11.1. The molecule has 2 saturated carbocycles. The number of rotatable bonds is 9. The number of nitrogens with zero attached hydrogens (tertiary/aromatic N) is 3. The van der Waals surface area contributed by atoms with Gasteiger partial charge in [-0.3, -0.25) is 0 Å². The molecule has 2 aliphatic heterocycles. The van der Waals surface area contributed by atoms with Crippen LogP contribution in [0.5, 0.6) is 0 Å². The van der Waals surface area contributed by atoms with Crippen molar-refractivity contribution in [3.8, 4) is 0 Å². The van der Waals surface area contributed by atoms with Gasteiger partial charge in [0.15, 0.2) is 0 Å². The summed E-state index contributed by atoms with van der Waals surface area (Å²) in [7, 11) is 0. The first-order valence-electron chi connectivity index (χ1n) is 15.8. The van der Waals surface area contributed by atoms with E-state index in [0.29, 0.717) is 5.92 Å². The maximum atomic E-state index is 6.23. The number of hydrogen-bond donors (Lipinski definition) is 4. The minimum atomic E-state index is -0.0231. The van der Waals surface area contributed by atoms with Crippen molar-refractivity contribution in [2.75, 3.05) is 23.7 Å². The number of allylic oxidation sites excluding steroid dienone is 1. The third-order valence-corrected chi connectivity index (χ3v) is 9.47. The van der Waals surface area contributed by atoms with Crippen LogP contribution >= 0.6 is 0 Å². The third-order valence-electron chi connectivity index (χ3n) is 9.47. The van der Waals surface area contributed by atoms with Crippen molar-refractivity contribution in [3.63, 3.8) is 0 Å². The SMILES string of the molecule is CCC/C=C(/N)c1ccc(Nc2cc3c(c(Nc4ccc(C5CCN(C6CC6)CC5)c(C)c4)n2)C2(CC2)NC=C3)nc1. The van der Waals surface area contributed by atoms with Crippen molar-refractivity contribution < 1.29 is 0 Å². The molecule has 218 valence electrons. The van der Waals surface area contributed by atoms with E-state index in [2.05, 4.69) is 82.3 Å². The molecule has 0 atom stereocenters. The Balaban J connectivity index is 1.12. The molecule has 7 heteroatoms. The van der Waals surface area contributed by atoms with Crippen LogP contribution < -0.4 is 21.7 Å².